The lowest BCUT2D eigenvalue weighted by atomic mass is 10.1. The number of hydrogen-bond donors (Lipinski definition) is 1. The average Bonchev–Trinajstić information content (AvgIpc) is 3.35. The van der Waals surface area contributed by atoms with Crippen molar-refractivity contribution < 1.29 is 14.1 Å². The first-order valence-electron chi connectivity index (χ1n) is 10.1. The van der Waals surface area contributed by atoms with Gasteiger partial charge in [-0.2, -0.15) is 4.98 Å². The SMILES string of the molecule is CCCC(NC(=O)CCCc1nc(CC)no1)C(=O)N1CCc2sccc2C1. The van der Waals surface area contributed by atoms with Gasteiger partial charge in [0.1, 0.15) is 6.04 Å². The van der Waals surface area contributed by atoms with E-state index in [1.165, 1.54) is 10.4 Å². The molecule has 1 N–H and O–H groups in total. The van der Waals surface area contributed by atoms with Gasteiger partial charge in [0.25, 0.3) is 0 Å². The van der Waals surface area contributed by atoms with E-state index < -0.39 is 6.04 Å². The molecule has 0 aliphatic carbocycles. The van der Waals surface area contributed by atoms with Crippen LogP contribution in [0.1, 0.15) is 61.7 Å². The first-order valence-corrected chi connectivity index (χ1v) is 10.9. The van der Waals surface area contributed by atoms with Crippen molar-refractivity contribution in [3.8, 4) is 0 Å². The maximum Gasteiger partial charge on any atom is 0.245 e. The van der Waals surface area contributed by atoms with Gasteiger partial charge in [-0.15, -0.1) is 11.3 Å². The summed E-state index contributed by atoms with van der Waals surface area (Å²) in [5.41, 5.74) is 1.23. The van der Waals surface area contributed by atoms with Crippen LogP contribution in [0.4, 0.5) is 0 Å². The van der Waals surface area contributed by atoms with E-state index in [-0.39, 0.29) is 11.8 Å². The largest absolute Gasteiger partial charge is 0.344 e. The summed E-state index contributed by atoms with van der Waals surface area (Å²) in [6.07, 6.45) is 4.65. The number of carbonyl (C=O) groups excluding carboxylic acids is 2. The predicted molar refractivity (Wildman–Crippen MR) is 107 cm³/mol. The second kappa shape index (κ2) is 9.82. The van der Waals surface area contributed by atoms with E-state index >= 15 is 0 Å². The van der Waals surface area contributed by atoms with Crippen LogP contribution in [0.25, 0.3) is 0 Å². The Morgan fingerprint density at radius 3 is 3.00 bits per heavy atom. The van der Waals surface area contributed by atoms with Gasteiger partial charge < -0.3 is 14.7 Å². The summed E-state index contributed by atoms with van der Waals surface area (Å²) in [5, 5.41) is 8.88. The van der Waals surface area contributed by atoms with E-state index in [2.05, 4.69) is 26.9 Å². The smallest absolute Gasteiger partial charge is 0.245 e. The van der Waals surface area contributed by atoms with Gasteiger partial charge in [-0.1, -0.05) is 25.4 Å². The molecule has 0 saturated heterocycles. The Morgan fingerprint density at radius 1 is 1.39 bits per heavy atom. The number of nitrogens with zero attached hydrogens (tertiary/aromatic N) is 3. The summed E-state index contributed by atoms with van der Waals surface area (Å²) in [6, 6.07) is 1.64. The molecule has 1 atom stereocenters. The van der Waals surface area contributed by atoms with Crippen molar-refractivity contribution in [2.45, 2.75) is 71.4 Å². The molecule has 1 aliphatic heterocycles. The molecule has 1 unspecified atom stereocenters. The molecule has 0 spiro atoms. The number of fused-ring (bicyclic) bond motifs is 1. The lowest BCUT2D eigenvalue weighted by Crippen LogP contribution is -2.49. The Labute approximate surface area is 169 Å². The van der Waals surface area contributed by atoms with Gasteiger partial charge in [-0.25, -0.2) is 0 Å². The lowest BCUT2D eigenvalue weighted by molar-refractivity contribution is -0.137. The van der Waals surface area contributed by atoms with E-state index in [0.717, 1.165) is 25.8 Å². The maximum atomic E-state index is 13.0. The minimum absolute atomic E-state index is 0.0246. The number of aromatic nitrogens is 2. The molecule has 152 valence electrons. The van der Waals surface area contributed by atoms with Crippen LogP contribution in [0, 0.1) is 0 Å². The molecule has 0 bridgehead atoms. The van der Waals surface area contributed by atoms with Gasteiger partial charge >= 0.3 is 0 Å². The van der Waals surface area contributed by atoms with Crippen LogP contribution >= 0.6 is 11.3 Å². The zero-order valence-corrected chi connectivity index (χ0v) is 17.4. The van der Waals surface area contributed by atoms with Crippen LogP contribution in [0.2, 0.25) is 0 Å². The van der Waals surface area contributed by atoms with Crippen molar-refractivity contribution in [2.75, 3.05) is 6.54 Å². The Morgan fingerprint density at radius 2 is 2.25 bits per heavy atom. The molecule has 0 aromatic carbocycles. The highest BCUT2D eigenvalue weighted by Gasteiger charge is 2.28. The molecule has 8 heteroatoms. The third kappa shape index (κ3) is 5.19. The van der Waals surface area contributed by atoms with Crippen LogP contribution in [0.5, 0.6) is 0 Å². The summed E-state index contributed by atoms with van der Waals surface area (Å²) in [6.45, 7) is 5.36. The number of hydrogen-bond acceptors (Lipinski definition) is 6. The van der Waals surface area contributed by atoms with Crippen molar-refractivity contribution in [1.29, 1.82) is 0 Å². The minimum Gasteiger partial charge on any atom is -0.344 e. The molecule has 2 amide bonds. The number of carbonyl (C=O) groups is 2. The van der Waals surface area contributed by atoms with Crippen molar-refractivity contribution in [3.63, 3.8) is 0 Å². The summed E-state index contributed by atoms with van der Waals surface area (Å²) in [4.78, 5) is 32.8. The van der Waals surface area contributed by atoms with Crippen molar-refractivity contribution in [1.82, 2.24) is 20.4 Å². The fourth-order valence-corrected chi connectivity index (χ4v) is 4.29. The van der Waals surface area contributed by atoms with Gasteiger partial charge in [0.05, 0.1) is 0 Å². The molecule has 2 aromatic rings. The molecule has 0 radical (unpaired) electrons. The Kier molecular flexibility index (Phi) is 7.19. The molecular weight excluding hydrogens is 376 g/mol. The summed E-state index contributed by atoms with van der Waals surface area (Å²) < 4.78 is 5.14. The first-order chi connectivity index (χ1) is 13.6. The van der Waals surface area contributed by atoms with Gasteiger partial charge in [0, 0.05) is 37.2 Å². The Bertz CT molecular complexity index is 801. The number of amides is 2. The number of nitrogens with one attached hydrogen (secondary N) is 1. The average molecular weight is 405 g/mol. The van der Waals surface area contributed by atoms with Crippen LogP contribution in [-0.4, -0.2) is 39.4 Å². The number of rotatable bonds is 9. The standard InChI is InChI=1S/C20H28N4O3S/c1-3-6-15(20(26)24-11-9-16-14(13-24)10-12-28-16)21-18(25)7-5-8-19-22-17(4-2)23-27-19/h10,12,15H,3-9,11,13H2,1-2H3,(H,21,25). The van der Waals surface area contributed by atoms with Crippen molar-refractivity contribution in [3.05, 3.63) is 33.6 Å². The third-order valence-corrected chi connectivity index (χ3v) is 5.97. The monoisotopic (exact) mass is 404 g/mol. The van der Waals surface area contributed by atoms with E-state index in [0.29, 0.717) is 43.9 Å². The molecule has 0 fully saturated rings. The normalized spacial score (nSPS) is 14.6. The first kappa shape index (κ1) is 20.5. The van der Waals surface area contributed by atoms with E-state index in [9.17, 15) is 9.59 Å². The second-order valence-electron chi connectivity index (χ2n) is 7.10. The van der Waals surface area contributed by atoms with Gasteiger partial charge in [0.2, 0.25) is 17.7 Å². The number of thiophene rings is 1. The maximum absolute atomic E-state index is 13.0. The predicted octanol–water partition coefficient (Wildman–Crippen LogP) is 2.89. The Balaban J connectivity index is 1.49. The van der Waals surface area contributed by atoms with Crippen molar-refractivity contribution >= 4 is 23.2 Å². The molecule has 3 rings (SSSR count). The number of aryl methyl sites for hydroxylation is 2. The van der Waals surface area contributed by atoms with Gasteiger partial charge in [-0.05, 0) is 36.3 Å². The van der Waals surface area contributed by atoms with Crippen LogP contribution < -0.4 is 5.32 Å². The highest BCUT2D eigenvalue weighted by Crippen LogP contribution is 2.24. The van der Waals surface area contributed by atoms with Gasteiger partial charge in [0.15, 0.2) is 5.82 Å². The fraction of sp³-hybridized carbons (Fsp3) is 0.600. The van der Waals surface area contributed by atoms with Crippen molar-refractivity contribution in [2.24, 2.45) is 0 Å². The topological polar surface area (TPSA) is 88.3 Å². The fourth-order valence-electron chi connectivity index (χ4n) is 3.40. The summed E-state index contributed by atoms with van der Waals surface area (Å²) in [5.74, 6) is 1.17. The second-order valence-corrected chi connectivity index (χ2v) is 8.10. The van der Waals surface area contributed by atoms with Crippen LogP contribution in [-0.2, 0) is 35.4 Å². The van der Waals surface area contributed by atoms with Gasteiger partial charge in [-0.3, -0.25) is 9.59 Å². The third-order valence-electron chi connectivity index (χ3n) is 4.95. The highest BCUT2D eigenvalue weighted by atomic mass is 32.1. The summed E-state index contributed by atoms with van der Waals surface area (Å²) >= 11 is 1.75. The van der Waals surface area contributed by atoms with E-state index in [4.69, 9.17) is 4.52 Å². The molecule has 2 aromatic heterocycles. The molecule has 1 aliphatic rings. The molecule has 7 nitrogen and oxygen atoms in total. The summed E-state index contributed by atoms with van der Waals surface area (Å²) in [7, 11) is 0. The molecule has 3 heterocycles. The van der Waals surface area contributed by atoms with E-state index in [1.807, 2.05) is 18.7 Å². The quantitative estimate of drug-likeness (QED) is 0.694. The molecule has 28 heavy (non-hydrogen) atoms. The van der Waals surface area contributed by atoms with Crippen LogP contribution in [0.15, 0.2) is 16.0 Å². The van der Waals surface area contributed by atoms with Crippen LogP contribution in [0.3, 0.4) is 0 Å². The zero-order valence-electron chi connectivity index (χ0n) is 16.6. The Hall–Kier alpha value is -2.22. The highest BCUT2D eigenvalue weighted by molar-refractivity contribution is 7.10. The lowest BCUT2D eigenvalue weighted by Gasteiger charge is -2.31. The molecule has 0 saturated carbocycles. The zero-order chi connectivity index (χ0) is 19.9. The van der Waals surface area contributed by atoms with E-state index in [1.54, 1.807) is 11.3 Å². The minimum atomic E-state index is -0.451. The molecular formula is C20H28N4O3S.